The summed E-state index contributed by atoms with van der Waals surface area (Å²) in [5.41, 5.74) is 4.58. The van der Waals surface area contributed by atoms with Crippen LogP contribution < -0.4 is 15.5 Å². The number of nitrogens with one attached hydrogen (secondary N) is 2. The van der Waals surface area contributed by atoms with Gasteiger partial charge >= 0.3 is 6.09 Å². The van der Waals surface area contributed by atoms with Crippen LogP contribution in [0.5, 0.6) is 0 Å². The molecule has 0 atom stereocenters. The van der Waals surface area contributed by atoms with E-state index in [1.807, 2.05) is 60.7 Å². The van der Waals surface area contributed by atoms with Crippen LogP contribution in [-0.4, -0.2) is 47.8 Å². The molecule has 0 aliphatic heterocycles. The van der Waals surface area contributed by atoms with Crippen molar-refractivity contribution in [3.8, 4) is 11.3 Å². The molecule has 0 saturated carbocycles. The number of hydrogen-bond donors (Lipinski definition) is 2. The Hall–Kier alpha value is -5.74. The average Bonchev–Trinajstić information content (AvgIpc) is 3.44. The second-order valence-corrected chi connectivity index (χ2v) is 11.9. The van der Waals surface area contributed by atoms with E-state index in [0.29, 0.717) is 22.8 Å². The van der Waals surface area contributed by atoms with Crippen molar-refractivity contribution in [1.29, 1.82) is 0 Å². The largest absolute Gasteiger partial charge is 0.455 e. The SMILES string of the molecule is COCCN(C(=O)OC(C)(C)C)c1ccccc1C(=O)Nc1ccc(Nc2cc(-c3cccc4c3oc3ccccc34)ncn2)cc1. The van der Waals surface area contributed by atoms with Crippen LogP contribution in [0.2, 0.25) is 0 Å². The fourth-order valence-electron chi connectivity index (χ4n) is 5.22. The number of nitrogens with zero attached hydrogens (tertiary/aromatic N) is 3. The molecule has 2 amide bonds. The number of rotatable bonds is 9. The first kappa shape index (κ1) is 31.3. The standard InChI is InChI=1S/C37H35N5O5/c1-37(2,3)47-36(44)42(20-21-45-4)31-14-7-5-11-29(31)35(43)41-25-18-16-24(17-19-25)40-33-22-30(38-23-39-33)28-13-9-12-27-26-10-6-8-15-32(26)46-34(27)28/h5-19,22-23H,20-21H2,1-4H3,(H,41,43)(H,38,39,40). The Morgan fingerprint density at radius 1 is 0.851 bits per heavy atom. The summed E-state index contributed by atoms with van der Waals surface area (Å²) < 4.78 is 17.0. The lowest BCUT2D eigenvalue weighted by Crippen LogP contribution is -2.39. The summed E-state index contributed by atoms with van der Waals surface area (Å²) in [6.45, 7) is 5.87. The molecule has 6 rings (SSSR count). The first-order chi connectivity index (χ1) is 22.7. The molecule has 6 aromatic rings. The Kier molecular flexibility index (Phi) is 8.86. The quantitative estimate of drug-likeness (QED) is 0.164. The molecule has 2 N–H and O–H groups in total. The van der Waals surface area contributed by atoms with Crippen molar-refractivity contribution < 1.29 is 23.5 Å². The third-order valence-electron chi connectivity index (χ3n) is 7.33. The molecule has 4 aromatic carbocycles. The molecule has 0 bridgehead atoms. The van der Waals surface area contributed by atoms with E-state index >= 15 is 0 Å². The van der Waals surface area contributed by atoms with Crippen LogP contribution in [0, 0.1) is 0 Å². The monoisotopic (exact) mass is 629 g/mol. The summed E-state index contributed by atoms with van der Waals surface area (Å²) >= 11 is 0. The molecule has 10 nitrogen and oxygen atoms in total. The number of para-hydroxylation sites is 3. The van der Waals surface area contributed by atoms with Gasteiger partial charge in [0.25, 0.3) is 5.91 Å². The maximum atomic E-state index is 13.5. The Morgan fingerprint density at radius 3 is 2.36 bits per heavy atom. The minimum absolute atomic E-state index is 0.217. The molecule has 0 saturated heterocycles. The molecule has 2 heterocycles. The van der Waals surface area contributed by atoms with Crippen molar-refractivity contribution >= 4 is 56.8 Å². The fourth-order valence-corrected chi connectivity index (χ4v) is 5.22. The normalized spacial score (nSPS) is 11.4. The van der Waals surface area contributed by atoms with Gasteiger partial charge in [-0.05, 0) is 69.3 Å². The van der Waals surface area contributed by atoms with Gasteiger partial charge in [0, 0.05) is 40.9 Å². The van der Waals surface area contributed by atoms with Gasteiger partial charge < -0.3 is 24.5 Å². The summed E-state index contributed by atoms with van der Waals surface area (Å²) in [5, 5.41) is 8.33. The number of carbonyl (C=O) groups excluding carboxylic acids is 2. The van der Waals surface area contributed by atoms with E-state index in [2.05, 4.69) is 20.6 Å². The minimum atomic E-state index is -0.703. The molecular weight excluding hydrogens is 594 g/mol. The maximum absolute atomic E-state index is 13.5. The van der Waals surface area contributed by atoms with Crippen molar-refractivity contribution in [2.75, 3.05) is 35.8 Å². The predicted molar refractivity (Wildman–Crippen MR) is 184 cm³/mol. The van der Waals surface area contributed by atoms with Gasteiger partial charge in [-0.1, -0.05) is 42.5 Å². The first-order valence-electron chi connectivity index (χ1n) is 15.2. The molecule has 0 spiro atoms. The third-order valence-corrected chi connectivity index (χ3v) is 7.33. The second-order valence-electron chi connectivity index (χ2n) is 11.9. The van der Waals surface area contributed by atoms with Crippen molar-refractivity contribution in [3.63, 3.8) is 0 Å². The number of carbonyl (C=O) groups is 2. The lowest BCUT2D eigenvalue weighted by atomic mass is 10.1. The summed E-state index contributed by atoms with van der Waals surface area (Å²) in [5.74, 6) is 0.236. The van der Waals surface area contributed by atoms with Crippen LogP contribution in [0.25, 0.3) is 33.2 Å². The Balaban J connectivity index is 1.18. The van der Waals surface area contributed by atoms with E-state index in [4.69, 9.17) is 13.9 Å². The Labute approximate surface area is 272 Å². The molecule has 0 unspecified atom stereocenters. The number of methoxy groups -OCH3 is 1. The average molecular weight is 630 g/mol. The van der Waals surface area contributed by atoms with Crippen LogP contribution in [-0.2, 0) is 9.47 Å². The van der Waals surface area contributed by atoms with E-state index in [9.17, 15) is 9.59 Å². The first-order valence-corrected chi connectivity index (χ1v) is 15.2. The zero-order valence-electron chi connectivity index (χ0n) is 26.6. The van der Waals surface area contributed by atoms with Gasteiger partial charge in [0.1, 0.15) is 28.9 Å². The number of aromatic nitrogens is 2. The van der Waals surface area contributed by atoms with Crippen LogP contribution >= 0.6 is 0 Å². The maximum Gasteiger partial charge on any atom is 0.414 e. The smallest absolute Gasteiger partial charge is 0.414 e. The fraction of sp³-hybridized carbons (Fsp3) is 0.189. The number of fused-ring (bicyclic) bond motifs is 3. The highest BCUT2D eigenvalue weighted by Gasteiger charge is 2.26. The van der Waals surface area contributed by atoms with E-state index in [0.717, 1.165) is 38.9 Å². The molecule has 2 aromatic heterocycles. The van der Waals surface area contributed by atoms with Gasteiger partial charge in [-0.3, -0.25) is 9.69 Å². The van der Waals surface area contributed by atoms with Crippen molar-refractivity contribution in [2.24, 2.45) is 0 Å². The molecule has 0 fully saturated rings. The highest BCUT2D eigenvalue weighted by atomic mass is 16.6. The van der Waals surface area contributed by atoms with Crippen LogP contribution in [0.4, 0.5) is 27.7 Å². The zero-order chi connectivity index (χ0) is 33.0. The number of furan rings is 1. The van der Waals surface area contributed by atoms with E-state index in [1.165, 1.54) is 11.2 Å². The van der Waals surface area contributed by atoms with Crippen molar-refractivity contribution in [2.45, 2.75) is 26.4 Å². The summed E-state index contributed by atoms with van der Waals surface area (Å²) in [6.07, 6.45) is 0.950. The lowest BCUT2D eigenvalue weighted by molar-refractivity contribution is 0.0569. The van der Waals surface area contributed by atoms with Gasteiger partial charge in [-0.15, -0.1) is 0 Å². The van der Waals surface area contributed by atoms with Crippen molar-refractivity contribution in [3.05, 3.63) is 109 Å². The van der Waals surface area contributed by atoms with E-state index < -0.39 is 11.7 Å². The Bertz CT molecular complexity index is 2050. The lowest BCUT2D eigenvalue weighted by Gasteiger charge is -2.28. The molecular formula is C37H35N5O5. The van der Waals surface area contributed by atoms with Gasteiger partial charge in [-0.2, -0.15) is 0 Å². The minimum Gasteiger partial charge on any atom is -0.455 e. The highest BCUT2D eigenvalue weighted by Crippen LogP contribution is 2.35. The van der Waals surface area contributed by atoms with Crippen LogP contribution in [0.15, 0.2) is 108 Å². The van der Waals surface area contributed by atoms with Crippen LogP contribution in [0.3, 0.4) is 0 Å². The molecule has 238 valence electrons. The number of amides is 2. The summed E-state index contributed by atoms with van der Waals surface area (Å²) in [4.78, 5) is 36.9. The third kappa shape index (κ3) is 7.08. The molecule has 10 heteroatoms. The summed E-state index contributed by atoms with van der Waals surface area (Å²) in [6, 6.07) is 30.0. The number of anilines is 4. The van der Waals surface area contributed by atoms with Gasteiger partial charge in [0.15, 0.2) is 0 Å². The Morgan fingerprint density at radius 2 is 1.57 bits per heavy atom. The van der Waals surface area contributed by atoms with Gasteiger partial charge in [-0.25, -0.2) is 14.8 Å². The molecule has 47 heavy (non-hydrogen) atoms. The summed E-state index contributed by atoms with van der Waals surface area (Å²) in [7, 11) is 1.55. The molecule has 0 radical (unpaired) electrons. The van der Waals surface area contributed by atoms with E-state index in [-0.39, 0.29) is 19.1 Å². The highest BCUT2D eigenvalue weighted by molar-refractivity contribution is 6.10. The molecule has 0 aliphatic carbocycles. The van der Waals surface area contributed by atoms with Gasteiger partial charge in [0.05, 0.1) is 30.1 Å². The van der Waals surface area contributed by atoms with Crippen LogP contribution in [0.1, 0.15) is 31.1 Å². The predicted octanol–water partition coefficient (Wildman–Crippen LogP) is 8.43. The number of benzene rings is 4. The topological polar surface area (TPSA) is 119 Å². The zero-order valence-corrected chi connectivity index (χ0v) is 26.6. The van der Waals surface area contributed by atoms with E-state index in [1.54, 1.807) is 64.3 Å². The number of ether oxygens (including phenoxy) is 2. The van der Waals surface area contributed by atoms with Gasteiger partial charge in [0.2, 0.25) is 0 Å². The molecule has 0 aliphatic rings. The second kappa shape index (κ2) is 13.3. The van der Waals surface area contributed by atoms with Crippen molar-refractivity contribution in [1.82, 2.24) is 9.97 Å². The number of hydrogen-bond acceptors (Lipinski definition) is 8.